The predicted molar refractivity (Wildman–Crippen MR) is 31.6 cm³/mol. The van der Waals surface area contributed by atoms with E-state index >= 15 is 0 Å². The minimum atomic E-state index is 0.264. The summed E-state index contributed by atoms with van der Waals surface area (Å²) in [5.41, 5.74) is 0. The minimum absolute atomic E-state index is 0.264. The second-order valence-electron chi connectivity index (χ2n) is 1.50. The van der Waals surface area contributed by atoms with Gasteiger partial charge in [-0.3, -0.25) is 0 Å². The molecular weight excluding hydrogens is 86.9 g/mol. The van der Waals surface area contributed by atoms with E-state index in [2.05, 4.69) is 6.92 Å². The molecule has 0 saturated heterocycles. The standard InChI is InChI=1S/C5H11BO/c1-3-5(4-6)7-2/h5H,3-4H2,1-2H3. The highest BCUT2D eigenvalue weighted by molar-refractivity contribution is 6.08. The van der Waals surface area contributed by atoms with Gasteiger partial charge in [-0.15, -0.1) is 0 Å². The summed E-state index contributed by atoms with van der Waals surface area (Å²) >= 11 is 0. The van der Waals surface area contributed by atoms with E-state index in [-0.39, 0.29) is 6.10 Å². The van der Waals surface area contributed by atoms with Gasteiger partial charge in [-0.05, 0) is 6.42 Å². The third-order valence-corrected chi connectivity index (χ3v) is 1.05. The Morgan fingerprint density at radius 3 is 2.29 bits per heavy atom. The van der Waals surface area contributed by atoms with Gasteiger partial charge in [0.05, 0.1) is 7.85 Å². The van der Waals surface area contributed by atoms with Crippen LogP contribution in [-0.2, 0) is 4.74 Å². The molecule has 40 valence electrons. The molecule has 0 aliphatic rings. The molecule has 0 fully saturated rings. The highest BCUT2D eigenvalue weighted by Gasteiger charge is 1.95. The van der Waals surface area contributed by atoms with Crippen molar-refractivity contribution in [1.82, 2.24) is 0 Å². The second-order valence-corrected chi connectivity index (χ2v) is 1.50. The molecule has 0 amide bonds. The van der Waals surface area contributed by atoms with E-state index in [0.29, 0.717) is 6.32 Å². The lowest BCUT2D eigenvalue weighted by Crippen LogP contribution is -2.06. The van der Waals surface area contributed by atoms with E-state index in [0.717, 1.165) is 6.42 Å². The highest BCUT2D eigenvalue weighted by Crippen LogP contribution is 1.97. The van der Waals surface area contributed by atoms with Crippen LogP contribution >= 0.6 is 0 Å². The predicted octanol–water partition coefficient (Wildman–Crippen LogP) is 0.998. The quantitative estimate of drug-likeness (QED) is 0.478. The Morgan fingerprint density at radius 1 is 1.71 bits per heavy atom. The molecule has 1 nitrogen and oxygen atoms in total. The van der Waals surface area contributed by atoms with Crippen molar-refractivity contribution in [3.05, 3.63) is 0 Å². The average Bonchev–Trinajstić information content (AvgIpc) is 1.72. The first-order chi connectivity index (χ1) is 3.35. The zero-order valence-electron chi connectivity index (χ0n) is 4.98. The van der Waals surface area contributed by atoms with Crippen molar-refractivity contribution in [2.24, 2.45) is 0 Å². The molecule has 0 aliphatic carbocycles. The molecule has 0 aromatic rings. The van der Waals surface area contributed by atoms with Gasteiger partial charge in [-0.1, -0.05) is 13.2 Å². The molecule has 2 heteroatoms. The number of hydrogen-bond acceptors (Lipinski definition) is 1. The second kappa shape index (κ2) is 4.19. The lowest BCUT2D eigenvalue weighted by molar-refractivity contribution is 0.116. The van der Waals surface area contributed by atoms with E-state index in [4.69, 9.17) is 12.6 Å². The van der Waals surface area contributed by atoms with Crippen molar-refractivity contribution in [1.29, 1.82) is 0 Å². The van der Waals surface area contributed by atoms with Crippen LogP contribution in [0.1, 0.15) is 13.3 Å². The van der Waals surface area contributed by atoms with E-state index < -0.39 is 0 Å². The van der Waals surface area contributed by atoms with Gasteiger partial charge in [0.2, 0.25) is 0 Å². The molecule has 1 atom stereocenters. The largest absolute Gasteiger partial charge is 0.382 e. The summed E-state index contributed by atoms with van der Waals surface area (Å²) in [6, 6.07) is 0. The average molecular weight is 98.0 g/mol. The molecule has 0 bridgehead atoms. The number of methoxy groups -OCH3 is 1. The van der Waals surface area contributed by atoms with Crippen molar-refractivity contribution in [3.63, 3.8) is 0 Å². The Hall–Kier alpha value is 0.0249. The van der Waals surface area contributed by atoms with Crippen LogP contribution in [0, 0.1) is 0 Å². The summed E-state index contributed by atoms with van der Waals surface area (Å²) in [6.07, 6.45) is 1.90. The van der Waals surface area contributed by atoms with Crippen LogP contribution in [-0.4, -0.2) is 21.1 Å². The van der Waals surface area contributed by atoms with E-state index in [1.807, 2.05) is 0 Å². The maximum Gasteiger partial charge on any atom is 0.0688 e. The fourth-order valence-corrected chi connectivity index (χ4v) is 0.430. The van der Waals surface area contributed by atoms with Crippen molar-refractivity contribution in [3.8, 4) is 0 Å². The Morgan fingerprint density at radius 2 is 2.29 bits per heavy atom. The summed E-state index contributed by atoms with van der Waals surface area (Å²) in [5.74, 6) is 0. The zero-order chi connectivity index (χ0) is 5.70. The zero-order valence-corrected chi connectivity index (χ0v) is 4.98. The molecule has 0 rings (SSSR count). The monoisotopic (exact) mass is 98.1 g/mol. The Bertz CT molecular complexity index is 29.6. The van der Waals surface area contributed by atoms with E-state index in [1.54, 1.807) is 7.11 Å². The molecule has 0 aliphatic heterocycles. The first-order valence-corrected chi connectivity index (χ1v) is 2.58. The Balaban J connectivity index is 2.99. The van der Waals surface area contributed by atoms with Crippen LogP contribution in [0.2, 0.25) is 6.32 Å². The van der Waals surface area contributed by atoms with Gasteiger partial charge in [0.15, 0.2) is 0 Å². The first-order valence-electron chi connectivity index (χ1n) is 2.58. The van der Waals surface area contributed by atoms with Crippen LogP contribution < -0.4 is 0 Å². The van der Waals surface area contributed by atoms with Crippen molar-refractivity contribution in [2.45, 2.75) is 25.8 Å². The van der Waals surface area contributed by atoms with Crippen molar-refractivity contribution < 1.29 is 4.74 Å². The molecule has 0 N–H and O–H groups in total. The number of ether oxygens (including phenoxy) is 1. The summed E-state index contributed by atoms with van der Waals surface area (Å²) in [6.45, 7) is 2.06. The lowest BCUT2D eigenvalue weighted by Gasteiger charge is -2.07. The molecule has 0 spiro atoms. The third kappa shape index (κ3) is 2.69. The van der Waals surface area contributed by atoms with Crippen LogP contribution in [0.25, 0.3) is 0 Å². The van der Waals surface area contributed by atoms with Crippen molar-refractivity contribution in [2.75, 3.05) is 7.11 Å². The maximum absolute atomic E-state index is 5.27. The minimum Gasteiger partial charge on any atom is -0.382 e. The molecule has 0 heterocycles. The molecule has 0 aromatic heterocycles. The summed E-state index contributed by atoms with van der Waals surface area (Å²) in [5, 5.41) is 0. The lowest BCUT2D eigenvalue weighted by atomic mass is 9.98. The van der Waals surface area contributed by atoms with Crippen LogP contribution in [0.4, 0.5) is 0 Å². The number of hydrogen-bond donors (Lipinski definition) is 0. The molecule has 1 unspecified atom stereocenters. The molecule has 0 saturated carbocycles. The Kier molecular flexibility index (Phi) is 4.21. The molecule has 2 radical (unpaired) electrons. The van der Waals surface area contributed by atoms with Gasteiger partial charge in [0, 0.05) is 13.2 Å². The fourth-order valence-electron chi connectivity index (χ4n) is 0.430. The van der Waals surface area contributed by atoms with Gasteiger partial charge in [0.25, 0.3) is 0 Å². The molecule has 0 aromatic carbocycles. The maximum atomic E-state index is 5.27. The summed E-state index contributed by atoms with van der Waals surface area (Å²) < 4.78 is 4.92. The first kappa shape index (κ1) is 7.02. The van der Waals surface area contributed by atoms with Gasteiger partial charge in [0.1, 0.15) is 0 Å². The van der Waals surface area contributed by atoms with Crippen LogP contribution in [0.15, 0.2) is 0 Å². The smallest absolute Gasteiger partial charge is 0.0688 e. The molecular formula is C5H11BO. The van der Waals surface area contributed by atoms with Gasteiger partial charge in [-0.25, -0.2) is 0 Å². The van der Waals surface area contributed by atoms with Crippen LogP contribution in [0.3, 0.4) is 0 Å². The Labute approximate surface area is 46.5 Å². The van der Waals surface area contributed by atoms with Crippen molar-refractivity contribution >= 4 is 7.85 Å². The van der Waals surface area contributed by atoms with E-state index in [1.165, 1.54) is 0 Å². The third-order valence-electron chi connectivity index (χ3n) is 1.05. The van der Waals surface area contributed by atoms with Gasteiger partial charge >= 0.3 is 0 Å². The van der Waals surface area contributed by atoms with Crippen LogP contribution in [0.5, 0.6) is 0 Å². The highest BCUT2D eigenvalue weighted by atomic mass is 16.5. The van der Waals surface area contributed by atoms with Gasteiger partial charge in [-0.2, -0.15) is 0 Å². The SMILES string of the molecule is [B]CC(CC)OC. The summed E-state index contributed by atoms with van der Waals surface area (Å²) in [4.78, 5) is 0. The normalized spacial score (nSPS) is 14.0. The van der Waals surface area contributed by atoms with E-state index in [9.17, 15) is 0 Å². The number of rotatable bonds is 3. The fraction of sp³-hybridized carbons (Fsp3) is 1.00. The topological polar surface area (TPSA) is 9.23 Å². The van der Waals surface area contributed by atoms with Gasteiger partial charge < -0.3 is 4.74 Å². The molecule has 7 heavy (non-hydrogen) atoms. The summed E-state index contributed by atoms with van der Waals surface area (Å²) in [7, 11) is 6.95.